The maximum atomic E-state index is 12.2. The van der Waals surface area contributed by atoms with E-state index in [9.17, 15) is 4.79 Å². The van der Waals surface area contributed by atoms with E-state index in [4.69, 9.17) is 11.6 Å². The smallest absolute Gasteiger partial charge is 0.241 e. The molecule has 0 aliphatic carbocycles. The molecule has 0 saturated carbocycles. The molecule has 0 unspecified atom stereocenters. The number of halogens is 1. The number of anilines is 1. The minimum Gasteiger partial charge on any atom is -0.368 e. The first-order valence-corrected chi connectivity index (χ1v) is 9.29. The fourth-order valence-corrected chi connectivity index (χ4v) is 3.60. The van der Waals surface area contributed by atoms with E-state index in [0.717, 1.165) is 68.8 Å². The highest BCUT2D eigenvalue weighted by molar-refractivity contribution is 6.30. The highest BCUT2D eigenvalue weighted by Crippen LogP contribution is 2.20. The SMILES string of the molecule is CN=C(NCC(=O)N1CCCC1)N1CCN(c2cccc(Cl)c2)CC1. The van der Waals surface area contributed by atoms with Gasteiger partial charge in [-0.2, -0.15) is 0 Å². The molecular formula is C18H26ClN5O. The highest BCUT2D eigenvalue weighted by atomic mass is 35.5. The molecule has 1 amide bonds. The fourth-order valence-electron chi connectivity index (χ4n) is 3.41. The molecule has 25 heavy (non-hydrogen) atoms. The maximum Gasteiger partial charge on any atom is 0.241 e. The van der Waals surface area contributed by atoms with Crippen LogP contribution in [-0.4, -0.2) is 74.5 Å². The van der Waals surface area contributed by atoms with Crippen molar-refractivity contribution < 1.29 is 4.79 Å². The van der Waals surface area contributed by atoms with Gasteiger partial charge >= 0.3 is 0 Å². The van der Waals surface area contributed by atoms with Crippen LogP contribution in [-0.2, 0) is 4.79 Å². The lowest BCUT2D eigenvalue weighted by molar-refractivity contribution is -0.128. The number of aliphatic imine (C=N–C) groups is 1. The third-order valence-electron chi connectivity index (χ3n) is 4.82. The van der Waals surface area contributed by atoms with E-state index in [1.807, 2.05) is 23.1 Å². The van der Waals surface area contributed by atoms with E-state index in [0.29, 0.717) is 6.54 Å². The Bertz CT molecular complexity index is 622. The number of piperazine rings is 1. The largest absolute Gasteiger partial charge is 0.368 e. The number of hydrogen-bond acceptors (Lipinski definition) is 3. The van der Waals surface area contributed by atoms with Crippen LogP contribution in [0.5, 0.6) is 0 Å². The van der Waals surface area contributed by atoms with Crippen LogP contribution in [0.25, 0.3) is 0 Å². The molecule has 2 heterocycles. The van der Waals surface area contributed by atoms with Gasteiger partial charge in [0.05, 0.1) is 6.54 Å². The first-order valence-electron chi connectivity index (χ1n) is 8.91. The summed E-state index contributed by atoms with van der Waals surface area (Å²) in [5, 5.41) is 3.99. The average molecular weight is 364 g/mol. The molecule has 0 radical (unpaired) electrons. The van der Waals surface area contributed by atoms with Crippen LogP contribution in [0.1, 0.15) is 12.8 Å². The summed E-state index contributed by atoms with van der Waals surface area (Å²) in [7, 11) is 1.77. The summed E-state index contributed by atoms with van der Waals surface area (Å²) in [6.45, 7) is 5.63. The molecule has 2 aliphatic rings. The van der Waals surface area contributed by atoms with Gasteiger partial charge in [0.1, 0.15) is 0 Å². The molecule has 1 aromatic rings. The van der Waals surface area contributed by atoms with Crippen LogP contribution in [0.2, 0.25) is 5.02 Å². The Morgan fingerprint density at radius 3 is 2.48 bits per heavy atom. The molecule has 6 nitrogen and oxygen atoms in total. The van der Waals surface area contributed by atoms with Crippen molar-refractivity contribution in [1.82, 2.24) is 15.1 Å². The van der Waals surface area contributed by atoms with Gasteiger partial charge < -0.3 is 20.0 Å². The summed E-state index contributed by atoms with van der Waals surface area (Å²) in [5.74, 6) is 0.967. The van der Waals surface area contributed by atoms with Crippen molar-refractivity contribution in [2.45, 2.75) is 12.8 Å². The molecule has 2 fully saturated rings. The van der Waals surface area contributed by atoms with Crippen LogP contribution in [0.3, 0.4) is 0 Å². The van der Waals surface area contributed by atoms with Gasteiger partial charge in [0.25, 0.3) is 0 Å². The van der Waals surface area contributed by atoms with Crippen LogP contribution >= 0.6 is 11.6 Å². The van der Waals surface area contributed by atoms with Crippen LogP contribution in [0.15, 0.2) is 29.3 Å². The number of guanidine groups is 1. The summed E-state index contributed by atoms with van der Waals surface area (Å²) in [6, 6.07) is 7.96. The lowest BCUT2D eigenvalue weighted by atomic mass is 10.2. The Morgan fingerprint density at radius 1 is 1.12 bits per heavy atom. The summed E-state index contributed by atoms with van der Waals surface area (Å²) >= 11 is 6.09. The average Bonchev–Trinajstić information content (AvgIpc) is 3.17. The van der Waals surface area contributed by atoms with E-state index in [-0.39, 0.29) is 5.91 Å². The van der Waals surface area contributed by atoms with Crippen molar-refractivity contribution in [3.8, 4) is 0 Å². The van der Waals surface area contributed by atoms with E-state index < -0.39 is 0 Å². The molecule has 0 spiro atoms. The lowest BCUT2D eigenvalue weighted by Crippen LogP contribution is -2.53. The molecular weight excluding hydrogens is 338 g/mol. The number of amides is 1. The van der Waals surface area contributed by atoms with Crippen molar-refractivity contribution >= 4 is 29.2 Å². The fraction of sp³-hybridized carbons (Fsp3) is 0.556. The zero-order valence-corrected chi connectivity index (χ0v) is 15.5. The van der Waals surface area contributed by atoms with Gasteiger partial charge in [0.15, 0.2) is 5.96 Å². The van der Waals surface area contributed by atoms with Gasteiger partial charge in [0, 0.05) is 57.0 Å². The Morgan fingerprint density at radius 2 is 1.84 bits per heavy atom. The molecule has 0 bridgehead atoms. The monoisotopic (exact) mass is 363 g/mol. The Hall–Kier alpha value is -1.95. The third-order valence-corrected chi connectivity index (χ3v) is 5.06. The van der Waals surface area contributed by atoms with Crippen LogP contribution in [0.4, 0.5) is 5.69 Å². The normalized spacial score (nSPS) is 18.6. The van der Waals surface area contributed by atoms with Crippen molar-refractivity contribution in [2.24, 2.45) is 4.99 Å². The molecule has 1 N–H and O–H groups in total. The molecule has 1 aromatic carbocycles. The van der Waals surface area contributed by atoms with Crippen molar-refractivity contribution in [3.05, 3.63) is 29.3 Å². The molecule has 136 valence electrons. The van der Waals surface area contributed by atoms with Gasteiger partial charge in [-0.05, 0) is 31.0 Å². The predicted molar refractivity (Wildman–Crippen MR) is 102 cm³/mol. The highest BCUT2D eigenvalue weighted by Gasteiger charge is 2.22. The topological polar surface area (TPSA) is 51.2 Å². The summed E-state index contributed by atoms with van der Waals surface area (Å²) in [5.41, 5.74) is 1.15. The summed E-state index contributed by atoms with van der Waals surface area (Å²) in [4.78, 5) is 23.0. The second-order valence-corrected chi connectivity index (χ2v) is 6.88. The van der Waals surface area contributed by atoms with Gasteiger partial charge in [-0.3, -0.25) is 9.79 Å². The number of benzene rings is 1. The van der Waals surface area contributed by atoms with Gasteiger partial charge in [-0.1, -0.05) is 17.7 Å². The quantitative estimate of drug-likeness (QED) is 0.655. The summed E-state index contributed by atoms with van der Waals surface area (Å²) < 4.78 is 0. The molecule has 7 heteroatoms. The first-order chi connectivity index (χ1) is 12.2. The van der Waals surface area contributed by atoms with Crippen LogP contribution in [0, 0.1) is 0 Å². The number of nitrogens with zero attached hydrogens (tertiary/aromatic N) is 4. The zero-order valence-electron chi connectivity index (χ0n) is 14.7. The van der Waals surface area contributed by atoms with E-state index >= 15 is 0 Å². The van der Waals surface area contributed by atoms with Crippen molar-refractivity contribution in [2.75, 3.05) is 57.8 Å². The number of rotatable bonds is 3. The lowest BCUT2D eigenvalue weighted by Gasteiger charge is -2.37. The molecule has 0 aromatic heterocycles. The number of carbonyl (C=O) groups is 1. The van der Waals surface area contributed by atoms with Gasteiger partial charge in [-0.25, -0.2) is 0 Å². The zero-order chi connectivity index (χ0) is 17.6. The Labute approximate surface area is 154 Å². The Kier molecular flexibility index (Phi) is 6.02. The standard InChI is InChI=1S/C18H26ClN5O/c1-20-18(21-14-17(25)23-7-2-3-8-23)24-11-9-22(10-12-24)16-6-4-5-15(19)13-16/h4-6,13H,2-3,7-12,14H2,1H3,(H,20,21). The molecule has 2 saturated heterocycles. The van der Waals surface area contributed by atoms with E-state index in [2.05, 4.69) is 26.2 Å². The molecule has 2 aliphatic heterocycles. The van der Waals surface area contributed by atoms with E-state index in [1.165, 1.54) is 0 Å². The maximum absolute atomic E-state index is 12.2. The minimum absolute atomic E-state index is 0.163. The first kappa shape index (κ1) is 17.9. The van der Waals surface area contributed by atoms with Gasteiger partial charge in [-0.15, -0.1) is 0 Å². The number of nitrogens with one attached hydrogen (secondary N) is 1. The Balaban J connectivity index is 1.49. The number of likely N-dealkylation sites (tertiary alicyclic amines) is 1. The number of carbonyl (C=O) groups excluding carboxylic acids is 1. The summed E-state index contributed by atoms with van der Waals surface area (Å²) in [6.07, 6.45) is 2.23. The minimum atomic E-state index is 0.163. The van der Waals surface area contributed by atoms with Gasteiger partial charge in [0.2, 0.25) is 5.91 Å². The predicted octanol–water partition coefficient (Wildman–Crippen LogP) is 1.66. The molecule has 3 rings (SSSR count). The molecule has 0 atom stereocenters. The van der Waals surface area contributed by atoms with E-state index in [1.54, 1.807) is 7.05 Å². The van der Waals surface area contributed by atoms with Crippen molar-refractivity contribution in [1.29, 1.82) is 0 Å². The third kappa shape index (κ3) is 4.57. The van der Waals surface area contributed by atoms with Crippen molar-refractivity contribution in [3.63, 3.8) is 0 Å². The van der Waals surface area contributed by atoms with Crippen LogP contribution < -0.4 is 10.2 Å². The second kappa shape index (κ2) is 8.43. The number of hydrogen-bond donors (Lipinski definition) is 1. The second-order valence-electron chi connectivity index (χ2n) is 6.44.